The van der Waals surface area contributed by atoms with E-state index in [-0.39, 0.29) is 17.3 Å². The number of nitrogens with two attached hydrogens (primary N) is 1. The van der Waals surface area contributed by atoms with Crippen molar-refractivity contribution in [3.8, 4) is 5.75 Å². The van der Waals surface area contributed by atoms with Gasteiger partial charge in [0.2, 0.25) is 0 Å². The van der Waals surface area contributed by atoms with Crippen LogP contribution in [-0.4, -0.2) is 42.0 Å². The number of nitro groups is 1. The molecular weight excluding hydrogens is 286 g/mol. The molecular formula is C15H21N3O4. The lowest BCUT2D eigenvalue weighted by Crippen LogP contribution is -2.40. The third kappa shape index (κ3) is 3.54. The second-order valence-corrected chi connectivity index (χ2v) is 5.34. The Morgan fingerprint density at radius 3 is 2.68 bits per heavy atom. The number of carbonyl (C=O) groups excluding carboxylic acids is 1. The Morgan fingerprint density at radius 1 is 1.45 bits per heavy atom. The van der Waals surface area contributed by atoms with Gasteiger partial charge in [0.1, 0.15) is 0 Å². The predicted octanol–water partition coefficient (Wildman–Crippen LogP) is 1.80. The molecule has 120 valence electrons. The Balaban J connectivity index is 2.16. The molecule has 0 spiro atoms. The van der Waals surface area contributed by atoms with Gasteiger partial charge in [0, 0.05) is 24.7 Å². The van der Waals surface area contributed by atoms with Crippen LogP contribution < -0.4 is 10.5 Å². The summed E-state index contributed by atoms with van der Waals surface area (Å²) in [6.45, 7) is 4.01. The van der Waals surface area contributed by atoms with E-state index >= 15 is 0 Å². The van der Waals surface area contributed by atoms with Crippen LogP contribution in [0.5, 0.6) is 5.75 Å². The summed E-state index contributed by atoms with van der Waals surface area (Å²) in [7, 11) is 0. The minimum Gasteiger partial charge on any atom is -0.487 e. The zero-order chi connectivity index (χ0) is 16.1. The molecule has 1 saturated heterocycles. The van der Waals surface area contributed by atoms with E-state index in [2.05, 4.69) is 0 Å². The van der Waals surface area contributed by atoms with Gasteiger partial charge in [-0.05, 0) is 44.4 Å². The highest BCUT2D eigenvalue weighted by molar-refractivity contribution is 5.95. The fraction of sp³-hybridized carbons (Fsp3) is 0.533. The Kier molecular flexibility index (Phi) is 5.32. The molecule has 7 heteroatoms. The van der Waals surface area contributed by atoms with Crippen molar-refractivity contribution in [2.75, 3.05) is 26.2 Å². The number of ether oxygens (including phenoxy) is 1. The van der Waals surface area contributed by atoms with Crippen molar-refractivity contribution < 1.29 is 14.5 Å². The highest BCUT2D eigenvalue weighted by Gasteiger charge is 2.25. The molecule has 0 unspecified atom stereocenters. The van der Waals surface area contributed by atoms with Crippen molar-refractivity contribution in [3.05, 3.63) is 33.9 Å². The number of carbonyl (C=O) groups is 1. The number of piperidine rings is 1. The van der Waals surface area contributed by atoms with Crippen LogP contribution in [0.25, 0.3) is 0 Å². The first-order valence-corrected chi connectivity index (χ1v) is 7.47. The van der Waals surface area contributed by atoms with Crippen molar-refractivity contribution in [3.63, 3.8) is 0 Å². The number of nitro benzene ring substituents is 1. The Hall–Kier alpha value is -2.15. The van der Waals surface area contributed by atoms with Crippen LogP contribution in [0.3, 0.4) is 0 Å². The van der Waals surface area contributed by atoms with Crippen molar-refractivity contribution >= 4 is 11.6 Å². The quantitative estimate of drug-likeness (QED) is 0.660. The maximum atomic E-state index is 12.5. The van der Waals surface area contributed by atoms with E-state index in [1.807, 2.05) is 0 Å². The molecule has 22 heavy (non-hydrogen) atoms. The minimum atomic E-state index is -0.525. The van der Waals surface area contributed by atoms with Gasteiger partial charge in [0.15, 0.2) is 5.75 Å². The maximum Gasteiger partial charge on any atom is 0.311 e. The third-order valence-corrected chi connectivity index (χ3v) is 3.94. The lowest BCUT2D eigenvalue weighted by molar-refractivity contribution is -0.385. The molecule has 0 atom stereocenters. The maximum absolute atomic E-state index is 12.5. The Bertz CT molecular complexity index is 554. The van der Waals surface area contributed by atoms with E-state index < -0.39 is 4.92 Å². The average Bonchev–Trinajstić information content (AvgIpc) is 2.54. The minimum absolute atomic E-state index is 0.176. The number of hydrogen-bond acceptors (Lipinski definition) is 5. The third-order valence-electron chi connectivity index (χ3n) is 3.94. The van der Waals surface area contributed by atoms with E-state index in [0.717, 1.165) is 12.8 Å². The number of amides is 1. The smallest absolute Gasteiger partial charge is 0.311 e. The normalized spacial score (nSPS) is 15.6. The van der Waals surface area contributed by atoms with E-state index in [0.29, 0.717) is 37.7 Å². The SMILES string of the molecule is CCOc1ccc(C(=O)N2CCC(CN)CC2)cc1[N+](=O)[O-]. The molecule has 0 saturated carbocycles. The van der Waals surface area contributed by atoms with Crippen molar-refractivity contribution in [2.45, 2.75) is 19.8 Å². The number of nitrogens with zero attached hydrogens (tertiary/aromatic N) is 2. The number of benzene rings is 1. The zero-order valence-electron chi connectivity index (χ0n) is 12.7. The van der Waals surface area contributed by atoms with Gasteiger partial charge in [-0.15, -0.1) is 0 Å². The summed E-state index contributed by atoms with van der Waals surface area (Å²) < 4.78 is 5.23. The summed E-state index contributed by atoms with van der Waals surface area (Å²) in [6, 6.07) is 4.36. The summed E-state index contributed by atoms with van der Waals surface area (Å²) in [5, 5.41) is 11.1. The summed E-state index contributed by atoms with van der Waals surface area (Å²) in [5.41, 5.74) is 5.79. The fourth-order valence-electron chi connectivity index (χ4n) is 2.62. The average molecular weight is 307 g/mol. The fourth-order valence-corrected chi connectivity index (χ4v) is 2.62. The van der Waals surface area contributed by atoms with Gasteiger partial charge in [-0.1, -0.05) is 0 Å². The van der Waals surface area contributed by atoms with Crippen LogP contribution in [0, 0.1) is 16.0 Å². The number of rotatable bonds is 5. The van der Waals surface area contributed by atoms with Crippen molar-refractivity contribution in [1.82, 2.24) is 4.90 Å². The Labute approximate surface area is 129 Å². The molecule has 1 aliphatic heterocycles. The largest absolute Gasteiger partial charge is 0.487 e. The molecule has 1 fully saturated rings. The van der Waals surface area contributed by atoms with Gasteiger partial charge in [-0.2, -0.15) is 0 Å². The summed E-state index contributed by atoms with van der Waals surface area (Å²) in [6.07, 6.45) is 1.75. The van der Waals surface area contributed by atoms with Crippen LogP contribution in [0.15, 0.2) is 18.2 Å². The van der Waals surface area contributed by atoms with Crippen LogP contribution in [0.1, 0.15) is 30.1 Å². The summed E-state index contributed by atoms with van der Waals surface area (Å²) in [4.78, 5) is 24.8. The highest BCUT2D eigenvalue weighted by Crippen LogP contribution is 2.29. The van der Waals surface area contributed by atoms with Gasteiger partial charge in [0.05, 0.1) is 11.5 Å². The monoisotopic (exact) mass is 307 g/mol. The Morgan fingerprint density at radius 2 is 2.14 bits per heavy atom. The van der Waals surface area contributed by atoms with E-state index in [1.165, 1.54) is 12.1 Å². The van der Waals surface area contributed by atoms with Crippen LogP contribution in [-0.2, 0) is 0 Å². The van der Waals surface area contributed by atoms with Gasteiger partial charge >= 0.3 is 5.69 Å². The molecule has 1 aromatic rings. The van der Waals surface area contributed by atoms with Crippen LogP contribution in [0.4, 0.5) is 5.69 Å². The van der Waals surface area contributed by atoms with Crippen LogP contribution >= 0.6 is 0 Å². The topological polar surface area (TPSA) is 98.7 Å². The molecule has 1 amide bonds. The molecule has 0 aliphatic carbocycles. The molecule has 1 heterocycles. The van der Waals surface area contributed by atoms with Gasteiger partial charge < -0.3 is 15.4 Å². The van der Waals surface area contributed by atoms with E-state index in [1.54, 1.807) is 17.9 Å². The first-order valence-electron chi connectivity index (χ1n) is 7.47. The summed E-state index contributed by atoms with van der Waals surface area (Å²) in [5.74, 6) is 0.464. The first-order chi connectivity index (χ1) is 10.6. The second kappa shape index (κ2) is 7.22. The van der Waals surface area contributed by atoms with Crippen molar-refractivity contribution in [2.24, 2.45) is 11.7 Å². The first kappa shape index (κ1) is 16.2. The van der Waals surface area contributed by atoms with Crippen molar-refractivity contribution in [1.29, 1.82) is 0 Å². The van der Waals surface area contributed by atoms with E-state index in [4.69, 9.17) is 10.5 Å². The second-order valence-electron chi connectivity index (χ2n) is 5.34. The zero-order valence-corrected chi connectivity index (χ0v) is 12.7. The molecule has 7 nitrogen and oxygen atoms in total. The number of hydrogen-bond donors (Lipinski definition) is 1. The molecule has 0 bridgehead atoms. The predicted molar refractivity (Wildman–Crippen MR) is 81.9 cm³/mol. The molecule has 1 aliphatic rings. The van der Waals surface area contributed by atoms with E-state index in [9.17, 15) is 14.9 Å². The molecule has 0 aromatic heterocycles. The standard InChI is InChI=1S/C15H21N3O4/c1-2-22-14-4-3-12(9-13(14)18(20)21)15(19)17-7-5-11(10-16)6-8-17/h3-4,9,11H,2,5-8,10,16H2,1H3. The number of likely N-dealkylation sites (tertiary alicyclic amines) is 1. The lowest BCUT2D eigenvalue weighted by atomic mass is 9.96. The molecule has 0 radical (unpaired) electrons. The lowest BCUT2D eigenvalue weighted by Gasteiger charge is -2.31. The summed E-state index contributed by atoms with van der Waals surface area (Å²) >= 11 is 0. The van der Waals surface area contributed by atoms with Gasteiger partial charge in [-0.25, -0.2) is 0 Å². The highest BCUT2D eigenvalue weighted by atomic mass is 16.6. The molecule has 2 rings (SSSR count). The van der Waals surface area contributed by atoms with Crippen LogP contribution in [0.2, 0.25) is 0 Å². The van der Waals surface area contributed by atoms with Gasteiger partial charge in [-0.3, -0.25) is 14.9 Å². The van der Waals surface area contributed by atoms with Gasteiger partial charge in [0.25, 0.3) is 5.91 Å². The molecule has 2 N–H and O–H groups in total. The molecule has 1 aromatic carbocycles.